The molecule has 1 aliphatic heterocycles. The molecule has 1 fully saturated rings. The molecule has 1 heterocycles. The molecule has 2 N–H and O–H groups in total. The van der Waals surface area contributed by atoms with Crippen molar-refractivity contribution in [1.82, 2.24) is 0 Å². The lowest BCUT2D eigenvalue weighted by Gasteiger charge is -2.28. The molecule has 0 bridgehead atoms. The highest BCUT2D eigenvalue weighted by Gasteiger charge is 2.43. The molecule has 0 aromatic heterocycles. The smallest absolute Gasteiger partial charge is 0.233 e. The van der Waals surface area contributed by atoms with Crippen molar-refractivity contribution in [3.63, 3.8) is 0 Å². The summed E-state index contributed by atoms with van der Waals surface area (Å²) in [5, 5.41) is 0. The summed E-state index contributed by atoms with van der Waals surface area (Å²) < 4.78 is 5.83. The minimum Gasteiger partial charge on any atom is -0.374 e. The number of rotatable bonds is 5. The number of para-hydroxylation sites is 1. The Bertz CT molecular complexity index is 463. The highest BCUT2D eigenvalue weighted by atomic mass is 16.5. The molecule has 116 valence electrons. The van der Waals surface area contributed by atoms with Gasteiger partial charge in [-0.05, 0) is 44.9 Å². The van der Waals surface area contributed by atoms with E-state index in [-0.39, 0.29) is 30.0 Å². The second-order valence-electron chi connectivity index (χ2n) is 5.90. The minimum atomic E-state index is -0.0852. The Morgan fingerprint density at radius 1 is 1.19 bits per heavy atom. The fourth-order valence-electron chi connectivity index (χ4n) is 3.10. The van der Waals surface area contributed by atoms with Crippen LogP contribution in [-0.2, 0) is 9.53 Å². The van der Waals surface area contributed by atoms with Crippen LogP contribution >= 0.6 is 0 Å². The van der Waals surface area contributed by atoms with E-state index < -0.39 is 0 Å². The summed E-state index contributed by atoms with van der Waals surface area (Å²) in [6, 6.07) is 9.82. The third-order valence-corrected chi connectivity index (χ3v) is 4.45. The van der Waals surface area contributed by atoms with E-state index >= 15 is 0 Å². The maximum Gasteiger partial charge on any atom is 0.233 e. The summed E-state index contributed by atoms with van der Waals surface area (Å²) >= 11 is 0. The number of hydrogen-bond acceptors (Lipinski definition) is 3. The maximum atomic E-state index is 13.0. The van der Waals surface area contributed by atoms with E-state index in [1.54, 1.807) is 0 Å². The summed E-state index contributed by atoms with van der Waals surface area (Å²) in [5.41, 5.74) is 6.56. The van der Waals surface area contributed by atoms with E-state index in [1.165, 1.54) is 0 Å². The Kier molecular flexibility index (Phi) is 5.37. The first-order chi connectivity index (χ1) is 10.1. The molecular formula is C17H26N2O2. The van der Waals surface area contributed by atoms with Gasteiger partial charge in [-0.2, -0.15) is 0 Å². The van der Waals surface area contributed by atoms with Crippen molar-refractivity contribution in [2.24, 2.45) is 17.6 Å². The lowest BCUT2D eigenvalue weighted by Crippen LogP contribution is -2.42. The number of nitrogens with two attached hydrogens (primary N) is 1. The molecule has 0 spiro atoms. The van der Waals surface area contributed by atoms with Crippen molar-refractivity contribution in [3.8, 4) is 0 Å². The predicted octanol–water partition coefficient (Wildman–Crippen LogP) is 2.43. The van der Waals surface area contributed by atoms with E-state index in [0.29, 0.717) is 13.1 Å². The molecule has 1 aromatic carbocycles. The van der Waals surface area contributed by atoms with Gasteiger partial charge < -0.3 is 15.4 Å². The minimum absolute atomic E-state index is 0.0356. The van der Waals surface area contributed by atoms with Gasteiger partial charge in [-0.15, -0.1) is 0 Å². The van der Waals surface area contributed by atoms with Gasteiger partial charge in [0.1, 0.15) is 0 Å². The van der Waals surface area contributed by atoms with Crippen LogP contribution in [0.25, 0.3) is 0 Å². The average molecular weight is 290 g/mol. The van der Waals surface area contributed by atoms with Crippen molar-refractivity contribution in [2.45, 2.75) is 39.4 Å². The molecule has 21 heavy (non-hydrogen) atoms. The number of carbonyl (C=O) groups excluding carboxylic acids is 1. The fourth-order valence-corrected chi connectivity index (χ4v) is 3.10. The zero-order valence-electron chi connectivity index (χ0n) is 13.2. The summed E-state index contributed by atoms with van der Waals surface area (Å²) in [6.45, 7) is 7.38. The van der Waals surface area contributed by atoms with E-state index in [1.807, 2.05) is 49.1 Å². The predicted molar refractivity (Wildman–Crippen MR) is 85.1 cm³/mol. The van der Waals surface area contributed by atoms with E-state index in [9.17, 15) is 4.79 Å². The van der Waals surface area contributed by atoms with Crippen LogP contribution in [0, 0.1) is 11.8 Å². The second kappa shape index (κ2) is 7.05. The number of hydrogen-bond donors (Lipinski definition) is 1. The summed E-state index contributed by atoms with van der Waals surface area (Å²) in [5.74, 6) is 0.300. The van der Waals surface area contributed by atoms with Crippen molar-refractivity contribution in [1.29, 1.82) is 0 Å². The molecule has 4 heteroatoms. The van der Waals surface area contributed by atoms with Crippen LogP contribution in [0.15, 0.2) is 30.3 Å². The highest BCUT2D eigenvalue weighted by molar-refractivity contribution is 5.95. The SMILES string of the molecule is CC1OC(C)C(C(=O)N(CCCN)c2ccccc2)C1C. The van der Waals surface area contributed by atoms with Gasteiger partial charge >= 0.3 is 0 Å². The number of carbonyl (C=O) groups is 1. The summed E-state index contributed by atoms with van der Waals surface area (Å²) in [4.78, 5) is 14.9. The Hall–Kier alpha value is -1.39. The molecule has 0 radical (unpaired) electrons. The summed E-state index contributed by atoms with van der Waals surface area (Å²) in [7, 11) is 0. The van der Waals surface area contributed by atoms with Crippen LogP contribution in [-0.4, -0.2) is 31.2 Å². The molecule has 4 atom stereocenters. The van der Waals surface area contributed by atoms with Gasteiger partial charge in [0.15, 0.2) is 0 Å². The molecule has 4 nitrogen and oxygen atoms in total. The molecular weight excluding hydrogens is 264 g/mol. The normalized spacial score (nSPS) is 28.6. The molecule has 1 aromatic rings. The van der Waals surface area contributed by atoms with Crippen LogP contribution in [0.2, 0.25) is 0 Å². The fraction of sp³-hybridized carbons (Fsp3) is 0.588. The first-order valence-corrected chi connectivity index (χ1v) is 7.78. The Balaban J connectivity index is 2.22. The quantitative estimate of drug-likeness (QED) is 0.906. The van der Waals surface area contributed by atoms with Crippen LogP contribution in [0.3, 0.4) is 0 Å². The monoisotopic (exact) mass is 290 g/mol. The van der Waals surface area contributed by atoms with Gasteiger partial charge in [0.05, 0.1) is 18.1 Å². The third-order valence-electron chi connectivity index (χ3n) is 4.45. The van der Waals surface area contributed by atoms with Gasteiger partial charge in [-0.1, -0.05) is 25.1 Å². The Labute approximate surface area is 127 Å². The van der Waals surface area contributed by atoms with Gasteiger partial charge in [-0.3, -0.25) is 4.79 Å². The molecule has 1 saturated heterocycles. The zero-order chi connectivity index (χ0) is 15.4. The van der Waals surface area contributed by atoms with Crippen molar-refractivity contribution >= 4 is 11.6 Å². The molecule has 0 saturated carbocycles. The largest absolute Gasteiger partial charge is 0.374 e. The second-order valence-corrected chi connectivity index (χ2v) is 5.90. The standard InChI is InChI=1S/C17H26N2O2/c1-12-13(2)21-14(3)16(12)17(20)19(11-7-10-18)15-8-5-4-6-9-15/h4-6,8-9,12-14,16H,7,10-11,18H2,1-3H3. The van der Waals surface area contributed by atoms with Crippen LogP contribution in [0.4, 0.5) is 5.69 Å². The highest BCUT2D eigenvalue weighted by Crippen LogP contribution is 2.34. The van der Waals surface area contributed by atoms with Crippen molar-refractivity contribution in [2.75, 3.05) is 18.0 Å². The number of amides is 1. The van der Waals surface area contributed by atoms with Crippen molar-refractivity contribution < 1.29 is 9.53 Å². The van der Waals surface area contributed by atoms with E-state index in [2.05, 4.69) is 6.92 Å². The van der Waals surface area contributed by atoms with Crippen LogP contribution in [0.1, 0.15) is 27.2 Å². The lowest BCUT2D eigenvalue weighted by atomic mass is 9.88. The third kappa shape index (κ3) is 3.44. The van der Waals surface area contributed by atoms with Crippen molar-refractivity contribution in [3.05, 3.63) is 30.3 Å². The number of benzene rings is 1. The number of nitrogens with zero attached hydrogens (tertiary/aromatic N) is 1. The van der Waals surface area contributed by atoms with Gasteiger partial charge in [0, 0.05) is 12.2 Å². The van der Waals surface area contributed by atoms with E-state index in [0.717, 1.165) is 12.1 Å². The molecule has 1 amide bonds. The lowest BCUT2D eigenvalue weighted by molar-refractivity contribution is -0.124. The topological polar surface area (TPSA) is 55.6 Å². The van der Waals surface area contributed by atoms with E-state index in [4.69, 9.17) is 10.5 Å². The Morgan fingerprint density at radius 2 is 1.86 bits per heavy atom. The first kappa shape index (κ1) is 16.0. The Morgan fingerprint density at radius 3 is 2.38 bits per heavy atom. The molecule has 0 aliphatic carbocycles. The molecule has 2 rings (SSSR count). The summed E-state index contributed by atoms with van der Waals surface area (Å²) in [6.07, 6.45) is 0.889. The molecule has 1 aliphatic rings. The molecule has 4 unspecified atom stereocenters. The number of anilines is 1. The first-order valence-electron chi connectivity index (χ1n) is 7.78. The maximum absolute atomic E-state index is 13.0. The van der Waals surface area contributed by atoms with Gasteiger partial charge in [0.25, 0.3) is 0 Å². The number of ether oxygens (including phenoxy) is 1. The average Bonchev–Trinajstić information content (AvgIpc) is 2.73. The van der Waals surface area contributed by atoms with Crippen LogP contribution < -0.4 is 10.6 Å². The zero-order valence-corrected chi connectivity index (χ0v) is 13.2. The van der Waals surface area contributed by atoms with Crippen LogP contribution in [0.5, 0.6) is 0 Å². The van der Waals surface area contributed by atoms with Gasteiger partial charge in [0.2, 0.25) is 5.91 Å². The van der Waals surface area contributed by atoms with Gasteiger partial charge in [-0.25, -0.2) is 0 Å².